The summed E-state index contributed by atoms with van der Waals surface area (Å²) < 4.78 is 2.02. The number of nitrogens with one attached hydrogen (secondary N) is 1. The molecule has 1 N–H and O–H groups in total. The number of hydrogen-bond donors (Lipinski definition) is 1. The fourth-order valence-electron chi connectivity index (χ4n) is 1.51. The zero-order valence-electron chi connectivity index (χ0n) is 7.61. The maximum atomic E-state index is 3.77. The van der Waals surface area contributed by atoms with E-state index in [1.807, 2.05) is 4.57 Å². The van der Waals surface area contributed by atoms with Gasteiger partial charge in [0, 0.05) is 13.1 Å². The highest BCUT2D eigenvalue weighted by Crippen LogP contribution is 2.09. The first-order valence-electron chi connectivity index (χ1n) is 4.66. The number of hydrogen-bond acceptors (Lipinski definition) is 3. The summed E-state index contributed by atoms with van der Waals surface area (Å²) in [6, 6.07) is 0. The Bertz CT molecular complexity index is 276. The first-order chi connectivity index (χ1) is 6.45. The largest absolute Gasteiger partial charge is 0.320 e. The third-order valence-electron chi connectivity index (χ3n) is 2.32. The molecule has 1 aliphatic heterocycles. The third-order valence-corrected chi connectivity index (χ3v) is 2.32. The summed E-state index contributed by atoms with van der Waals surface area (Å²) in [5, 5.41) is 10.8. The molecule has 70 valence electrons. The molecule has 4 heteroatoms. The van der Waals surface area contributed by atoms with Crippen LogP contribution in [0.25, 0.3) is 0 Å². The molecule has 0 aromatic carbocycles. The van der Waals surface area contributed by atoms with Gasteiger partial charge in [-0.15, -0.1) is 10.2 Å². The molecule has 2 heterocycles. The van der Waals surface area contributed by atoms with E-state index in [2.05, 4.69) is 21.6 Å². The van der Waals surface area contributed by atoms with E-state index in [-0.39, 0.29) is 0 Å². The summed E-state index contributed by atoms with van der Waals surface area (Å²) in [6.45, 7) is 3.14. The maximum Gasteiger partial charge on any atom is 0.119 e. The van der Waals surface area contributed by atoms with Gasteiger partial charge in [-0.2, -0.15) is 0 Å². The predicted molar refractivity (Wildman–Crippen MR) is 50.2 cm³/mol. The molecular formula is C9H14N4. The first-order valence-corrected chi connectivity index (χ1v) is 4.66. The molecule has 0 aliphatic carbocycles. The van der Waals surface area contributed by atoms with Crippen LogP contribution >= 0.6 is 0 Å². The van der Waals surface area contributed by atoms with Gasteiger partial charge in [0.25, 0.3) is 0 Å². The molecule has 0 spiro atoms. The van der Waals surface area contributed by atoms with Crippen LogP contribution in [0.4, 0.5) is 0 Å². The second-order valence-electron chi connectivity index (χ2n) is 3.27. The molecular weight excluding hydrogens is 164 g/mol. The van der Waals surface area contributed by atoms with E-state index in [0.29, 0.717) is 0 Å². The lowest BCUT2D eigenvalue weighted by molar-refractivity contribution is 0.629. The smallest absolute Gasteiger partial charge is 0.119 e. The highest BCUT2D eigenvalue weighted by atomic mass is 15.2. The minimum atomic E-state index is 0.999. The van der Waals surface area contributed by atoms with Crippen LogP contribution in [0.3, 0.4) is 0 Å². The number of nitrogens with zero attached hydrogens (tertiary/aromatic N) is 3. The lowest BCUT2D eigenvalue weighted by atomic mass is 10.1. The zero-order valence-corrected chi connectivity index (χ0v) is 7.61. The number of rotatable bonds is 3. The minimum absolute atomic E-state index is 0.999. The number of aryl methyl sites for hydroxylation is 1. The van der Waals surface area contributed by atoms with Crippen molar-refractivity contribution in [2.45, 2.75) is 19.4 Å². The molecule has 0 fully saturated rings. The molecule has 0 saturated heterocycles. The Morgan fingerprint density at radius 2 is 2.23 bits per heavy atom. The van der Waals surface area contributed by atoms with Crippen molar-refractivity contribution in [3.8, 4) is 0 Å². The topological polar surface area (TPSA) is 42.7 Å². The van der Waals surface area contributed by atoms with Crippen LogP contribution < -0.4 is 5.32 Å². The van der Waals surface area contributed by atoms with Gasteiger partial charge in [0.2, 0.25) is 0 Å². The minimum Gasteiger partial charge on any atom is -0.320 e. The van der Waals surface area contributed by atoms with Crippen molar-refractivity contribution in [1.29, 1.82) is 0 Å². The first kappa shape index (κ1) is 8.44. The van der Waals surface area contributed by atoms with Crippen molar-refractivity contribution in [2.24, 2.45) is 0 Å². The molecule has 0 unspecified atom stereocenters. The Morgan fingerprint density at radius 3 is 2.92 bits per heavy atom. The van der Waals surface area contributed by atoms with Gasteiger partial charge in [0.15, 0.2) is 0 Å². The summed E-state index contributed by atoms with van der Waals surface area (Å²) in [5.74, 6) is 0. The van der Waals surface area contributed by atoms with Gasteiger partial charge in [0.1, 0.15) is 12.7 Å². The Labute approximate surface area is 77.7 Å². The van der Waals surface area contributed by atoms with E-state index in [1.165, 1.54) is 6.42 Å². The lowest BCUT2D eigenvalue weighted by Crippen LogP contribution is -2.20. The summed E-state index contributed by atoms with van der Waals surface area (Å²) in [5.41, 5.74) is 1.55. The van der Waals surface area contributed by atoms with Crippen molar-refractivity contribution in [1.82, 2.24) is 20.1 Å². The quantitative estimate of drug-likeness (QED) is 0.689. The zero-order chi connectivity index (χ0) is 8.93. The van der Waals surface area contributed by atoms with E-state index in [9.17, 15) is 0 Å². The predicted octanol–water partition coefficient (Wildman–Crippen LogP) is 0.588. The molecule has 1 aliphatic rings. The van der Waals surface area contributed by atoms with Crippen LogP contribution in [0.1, 0.15) is 12.8 Å². The SMILES string of the molecule is C1=C(CCn2cnnc2)CCNC1. The Kier molecular flexibility index (Phi) is 2.72. The van der Waals surface area contributed by atoms with Crippen LogP contribution in [-0.2, 0) is 6.54 Å². The number of aromatic nitrogens is 3. The molecule has 0 radical (unpaired) electrons. The van der Waals surface area contributed by atoms with Crippen molar-refractivity contribution in [2.75, 3.05) is 13.1 Å². The molecule has 2 rings (SSSR count). The van der Waals surface area contributed by atoms with Gasteiger partial charge in [-0.1, -0.05) is 11.6 Å². The monoisotopic (exact) mass is 178 g/mol. The van der Waals surface area contributed by atoms with E-state index in [1.54, 1.807) is 18.2 Å². The van der Waals surface area contributed by atoms with Gasteiger partial charge >= 0.3 is 0 Å². The Morgan fingerprint density at radius 1 is 1.38 bits per heavy atom. The molecule has 1 aromatic heterocycles. The molecule has 1 aromatic rings. The second kappa shape index (κ2) is 4.18. The highest BCUT2D eigenvalue weighted by molar-refractivity contribution is 5.06. The van der Waals surface area contributed by atoms with Gasteiger partial charge in [0.05, 0.1) is 0 Å². The summed E-state index contributed by atoms with van der Waals surface area (Å²) in [7, 11) is 0. The van der Waals surface area contributed by atoms with E-state index in [4.69, 9.17) is 0 Å². The Balaban J connectivity index is 1.82. The van der Waals surface area contributed by atoms with Gasteiger partial charge in [-0.25, -0.2) is 0 Å². The normalized spacial score (nSPS) is 17.1. The van der Waals surface area contributed by atoms with Gasteiger partial charge in [-0.05, 0) is 19.4 Å². The van der Waals surface area contributed by atoms with Gasteiger partial charge < -0.3 is 9.88 Å². The fraction of sp³-hybridized carbons (Fsp3) is 0.556. The van der Waals surface area contributed by atoms with Crippen LogP contribution in [0.5, 0.6) is 0 Å². The van der Waals surface area contributed by atoms with E-state index >= 15 is 0 Å². The third kappa shape index (κ3) is 2.39. The van der Waals surface area contributed by atoms with Crippen molar-refractivity contribution >= 4 is 0 Å². The standard InChI is InChI=1S/C9H14N4/c1-4-10-5-2-9(1)3-6-13-7-11-12-8-13/h1,7-8,10H,2-6H2. The average molecular weight is 178 g/mol. The van der Waals surface area contributed by atoms with Crippen molar-refractivity contribution in [3.63, 3.8) is 0 Å². The second-order valence-corrected chi connectivity index (χ2v) is 3.27. The van der Waals surface area contributed by atoms with E-state index < -0.39 is 0 Å². The van der Waals surface area contributed by atoms with Gasteiger partial charge in [-0.3, -0.25) is 0 Å². The summed E-state index contributed by atoms with van der Waals surface area (Å²) in [4.78, 5) is 0. The average Bonchev–Trinajstić information content (AvgIpc) is 2.69. The molecule has 0 atom stereocenters. The Hall–Kier alpha value is -1.16. The van der Waals surface area contributed by atoms with Crippen LogP contribution in [0.15, 0.2) is 24.3 Å². The molecule has 0 bridgehead atoms. The maximum absolute atomic E-state index is 3.77. The van der Waals surface area contributed by atoms with Crippen LogP contribution in [-0.4, -0.2) is 27.9 Å². The van der Waals surface area contributed by atoms with Crippen molar-refractivity contribution in [3.05, 3.63) is 24.3 Å². The summed E-state index contributed by atoms with van der Waals surface area (Å²) >= 11 is 0. The van der Waals surface area contributed by atoms with Crippen LogP contribution in [0.2, 0.25) is 0 Å². The summed E-state index contributed by atoms with van der Waals surface area (Å²) in [6.07, 6.45) is 8.12. The lowest BCUT2D eigenvalue weighted by Gasteiger charge is -2.13. The van der Waals surface area contributed by atoms with Crippen molar-refractivity contribution < 1.29 is 0 Å². The molecule has 0 amide bonds. The highest BCUT2D eigenvalue weighted by Gasteiger charge is 2.02. The van der Waals surface area contributed by atoms with Crippen LogP contribution in [0, 0.1) is 0 Å². The molecule has 4 nitrogen and oxygen atoms in total. The van der Waals surface area contributed by atoms with E-state index in [0.717, 1.165) is 26.1 Å². The molecule has 13 heavy (non-hydrogen) atoms. The fourth-order valence-corrected chi connectivity index (χ4v) is 1.51. The molecule has 0 saturated carbocycles.